The van der Waals surface area contributed by atoms with Crippen molar-refractivity contribution in [3.05, 3.63) is 35.6 Å². The van der Waals surface area contributed by atoms with E-state index >= 15 is 0 Å². The number of hydrogen-bond acceptors (Lipinski definition) is 2. The van der Waals surface area contributed by atoms with E-state index in [1.54, 1.807) is 13.2 Å². The summed E-state index contributed by atoms with van der Waals surface area (Å²) in [5, 5.41) is 6.35. The Kier molecular flexibility index (Phi) is 7.58. The molecule has 0 aliphatic heterocycles. The van der Waals surface area contributed by atoms with Gasteiger partial charge in [0.25, 0.3) is 0 Å². The molecule has 0 saturated heterocycles. The van der Waals surface area contributed by atoms with Gasteiger partial charge in [0.1, 0.15) is 5.82 Å². The molecule has 0 aromatic heterocycles. The molecule has 1 aromatic rings. The maximum Gasteiger partial charge on any atom is 0.191 e. The first kappa shape index (κ1) is 15.4. The number of hydrogen-bond donors (Lipinski definition) is 2. The lowest BCUT2D eigenvalue weighted by Crippen LogP contribution is -2.38. The monoisotopic (exact) mass is 267 g/mol. The fraction of sp³-hybridized carbons (Fsp3) is 0.500. The molecule has 0 heterocycles. The van der Waals surface area contributed by atoms with Crippen molar-refractivity contribution in [1.82, 2.24) is 10.6 Å². The van der Waals surface area contributed by atoms with Crippen LogP contribution in [0.25, 0.3) is 0 Å². The third-order valence-electron chi connectivity index (χ3n) is 2.47. The van der Waals surface area contributed by atoms with E-state index in [0.29, 0.717) is 6.54 Å². The minimum atomic E-state index is -0.231. The number of rotatable bonds is 7. The molecular weight excluding hydrogens is 245 g/mol. The highest BCUT2D eigenvalue weighted by Crippen LogP contribution is 2.04. The summed E-state index contributed by atoms with van der Waals surface area (Å²) in [4.78, 5) is 4.41. The summed E-state index contributed by atoms with van der Waals surface area (Å²) in [6, 6.07) is 6.49. The van der Waals surface area contributed by atoms with Gasteiger partial charge >= 0.3 is 0 Å². The second-order valence-electron chi connectivity index (χ2n) is 4.10. The van der Waals surface area contributed by atoms with Gasteiger partial charge in [-0.1, -0.05) is 12.1 Å². The predicted octanol–water partition coefficient (Wildman–Crippen LogP) is 1.92. The van der Waals surface area contributed by atoms with Gasteiger partial charge in [-0.25, -0.2) is 9.38 Å². The van der Waals surface area contributed by atoms with Crippen LogP contribution in [0.3, 0.4) is 0 Å². The molecular formula is C14H22FN3O. The summed E-state index contributed by atoms with van der Waals surface area (Å²) >= 11 is 0. The molecule has 0 radical (unpaired) electrons. The Labute approximate surface area is 114 Å². The van der Waals surface area contributed by atoms with Crippen LogP contribution in [-0.4, -0.2) is 32.8 Å². The van der Waals surface area contributed by atoms with Crippen LogP contribution < -0.4 is 10.6 Å². The van der Waals surface area contributed by atoms with Gasteiger partial charge in [-0.3, -0.25) is 0 Å². The Morgan fingerprint density at radius 1 is 1.37 bits per heavy atom. The molecule has 0 fully saturated rings. The molecule has 2 N–H and O–H groups in total. The standard InChI is InChI=1S/C14H22FN3O/c1-3-16-14(17-8-5-9-19-2)18-11-12-6-4-7-13(15)10-12/h4,6-7,10H,3,5,8-9,11H2,1-2H3,(H2,16,17,18). The van der Waals surface area contributed by atoms with Gasteiger partial charge in [0, 0.05) is 26.8 Å². The van der Waals surface area contributed by atoms with Gasteiger partial charge in [0.05, 0.1) is 6.54 Å². The van der Waals surface area contributed by atoms with Gasteiger partial charge < -0.3 is 15.4 Å². The molecule has 0 atom stereocenters. The molecule has 0 bridgehead atoms. The van der Waals surface area contributed by atoms with Crippen LogP contribution in [0.15, 0.2) is 29.3 Å². The molecule has 0 amide bonds. The van der Waals surface area contributed by atoms with Crippen molar-refractivity contribution in [1.29, 1.82) is 0 Å². The zero-order chi connectivity index (χ0) is 13.9. The van der Waals surface area contributed by atoms with Crippen molar-refractivity contribution in [2.75, 3.05) is 26.8 Å². The molecule has 19 heavy (non-hydrogen) atoms. The topological polar surface area (TPSA) is 45.7 Å². The van der Waals surface area contributed by atoms with Gasteiger partial charge in [-0.15, -0.1) is 0 Å². The fourth-order valence-corrected chi connectivity index (χ4v) is 1.57. The minimum absolute atomic E-state index is 0.231. The van der Waals surface area contributed by atoms with Gasteiger partial charge in [0.2, 0.25) is 0 Å². The Balaban J connectivity index is 2.47. The van der Waals surface area contributed by atoms with E-state index in [1.165, 1.54) is 12.1 Å². The normalized spacial score (nSPS) is 11.4. The molecule has 0 unspecified atom stereocenters. The van der Waals surface area contributed by atoms with E-state index < -0.39 is 0 Å². The Morgan fingerprint density at radius 2 is 2.21 bits per heavy atom. The average molecular weight is 267 g/mol. The second kappa shape index (κ2) is 9.33. The molecule has 1 rings (SSSR count). The molecule has 106 valence electrons. The minimum Gasteiger partial charge on any atom is -0.385 e. The van der Waals surface area contributed by atoms with E-state index in [9.17, 15) is 4.39 Å². The largest absolute Gasteiger partial charge is 0.385 e. The van der Waals surface area contributed by atoms with Crippen molar-refractivity contribution in [2.24, 2.45) is 4.99 Å². The Morgan fingerprint density at radius 3 is 2.89 bits per heavy atom. The highest BCUT2D eigenvalue weighted by Gasteiger charge is 1.98. The quantitative estimate of drug-likeness (QED) is 0.451. The van der Waals surface area contributed by atoms with Gasteiger partial charge in [-0.05, 0) is 31.0 Å². The van der Waals surface area contributed by atoms with Crippen molar-refractivity contribution < 1.29 is 9.13 Å². The number of benzene rings is 1. The van der Waals surface area contributed by atoms with Crippen molar-refractivity contribution in [3.63, 3.8) is 0 Å². The lowest BCUT2D eigenvalue weighted by Gasteiger charge is -2.11. The number of guanidine groups is 1. The Bertz CT molecular complexity index is 396. The first-order chi connectivity index (χ1) is 9.26. The van der Waals surface area contributed by atoms with Crippen LogP contribution in [0.5, 0.6) is 0 Å². The average Bonchev–Trinajstić information content (AvgIpc) is 2.41. The van der Waals surface area contributed by atoms with Crippen molar-refractivity contribution in [2.45, 2.75) is 19.9 Å². The second-order valence-corrected chi connectivity index (χ2v) is 4.10. The third-order valence-corrected chi connectivity index (χ3v) is 2.47. The van der Waals surface area contributed by atoms with Crippen LogP contribution in [0, 0.1) is 5.82 Å². The molecule has 0 saturated carbocycles. The molecule has 5 heteroatoms. The highest BCUT2D eigenvalue weighted by molar-refractivity contribution is 5.79. The SMILES string of the molecule is CCNC(=NCc1cccc(F)c1)NCCCOC. The zero-order valence-electron chi connectivity index (χ0n) is 11.6. The number of nitrogens with one attached hydrogen (secondary N) is 2. The summed E-state index contributed by atoms with van der Waals surface area (Å²) in [6.45, 7) is 4.77. The number of aliphatic imine (C=N–C) groups is 1. The molecule has 0 aliphatic rings. The summed E-state index contributed by atoms with van der Waals surface area (Å²) < 4.78 is 18.0. The Hall–Kier alpha value is -1.62. The van der Waals surface area contributed by atoms with E-state index in [2.05, 4.69) is 15.6 Å². The summed E-state index contributed by atoms with van der Waals surface area (Å²) in [5.41, 5.74) is 0.856. The van der Waals surface area contributed by atoms with Crippen molar-refractivity contribution in [3.8, 4) is 0 Å². The lowest BCUT2D eigenvalue weighted by molar-refractivity contribution is 0.195. The van der Waals surface area contributed by atoms with Gasteiger partial charge in [-0.2, -0.15) is 0 Å². The first-order valence-corrected chi connectivity index (χ1v) is 6.51. The van der Waals surface area contributed by atoms with Gasteiger partial charge in [0.15, 0.2) is 5.96 Å². The number of ether oxygens (including phenoxy) is 1. The maximum atomic E-state index is 13.0. The summed E-state index contributed by atoms with van der Waals surface area (Å²) in [5.74, 6) is 0.508. The van der Waals surface area contributed by atoms with E-state index in [4.69, 9.17) is 4.74 Å². The molecule has 1 aromatic carbocycles. The smallest absolute Gasteiger partial charge is 0.191 e. The lowest BCUT2D eigenvalue weighted by atomic mass is 10.2. The first-order valence-electron chi connectivity index (χ1n) is 6.51. The summed E-state index contributed by atoms with van der Waals surface area (Å²) in [6.07, 6.45) is 0.918. The van der Waals surface area contributed by atoms with E-state index in [-0.39, 0.29) is 5.82 Å². The molecule has 0 aliphatic carbocycles. The fourth-order valence-electron chi connectivity index (χ4n) is 1.57. The molecule has 0 spiro atoms. The van der Waals surface area contributed by atoms with Crippen LogP contribution in [-0.2, 0) is 11.3 Å². The third kappa shape index (κ3) is 6.76. The van der Waals surface area contributed by atoms with E-state index in [0.717, 1.165) is 37.6 Å². The highest BCUT2D eigenvalue weighted by atomic mass is 19.1. The van der Waals surface area contributed by atoms with Crippen LogP contribution >= 0.6 is 0 Å². The van der Waals surface area contributed by atoms with E-state index in [1.807, 2.05) is 13.0 Å². The van der Waals surface area contributed by atoms with Crippen LogP contribution in [0.4, 0.5) is 4.39 Å². The number of nitrogens with zero attached hydrogens (tertiary/aromatic N) is 1. The maximum absolute atomic E-state index is 13.0. The number of halogens is 1. The van der Waals surface area contributed by atoms with Crippen LogP contribution in [0.1, 0.15) is 18.9 Å². The zero-order valence-corrected chi connectivity index (χ0v) is 11.6. The predicted molar refractivity (Wildman–Crippen MR) is 75.7 cm³/mol. The summed E-state index contributed by atoms with van der Waals surface area (Å²) in [7, 11) is 1.68. The number of methoxy groups -OCH3 is 1. The van der Waals surface area contributed by atoms with Crippen molar-refractivity contribution >= 4 is 5.96 Å². The van der Waals surface area contributed by atoms with Crippen LogP contribution in [0.2, 0.25) is 0 Å². The molecule has 4 nitrogen and oxygen atoms in total.